The Morgan fingerprint density at radius 3 is 1.32 bits per heavy atom. The quantitative estimate of drug-likeness (QED) is 0.271. The average molecular weight is 365 g/mol. The van der Waals surface area contributed by atoms with Crippen molar-refractivity contribution >= 4 is 8.56 Å². The Labute approximate surface area is 157 Å². The highest BCUT2D eigenvalue weighted by molar-refractivity contribution is 6.64. The molecule has 0 aromatic heterocycles. The van der Waals surface area contributed by atoms with E-state index in [4.69, 9.17) is 8.85 Å². The fourth-order valence-electron chi connectivity index (χ4n) is 2.19. The lowest BCUT2D eigenvalue weighted by Gasteiger charge is -2.21. The SMILES string of the molecule is CC(C)=CCCC(C)=CCO[Si](C)(C)OCC=C(C)CCC=C(C)C. The van der Waals surface area contributed by atoms with E-state index in [1.807, 2.05) is 0 Å². The van der Waals surface area contributed by atoms with Crippen molar-refractivity contribution in [3.05, 3.63) is 46.6 Å². The van der Waals surface area contributed by atoms with Crippen LogP contribution in [-0.4, -0.2) is 21.8 Å². The molecule has 3 heteroatoms. The molecule has 0 aromatic rings. The highest BCUT2D eigenvalue weighted by Crippen LogP contribution is 2.11. The molecule has 0 bridgehead atoms. The van der Waals surface area contributed by atoms with Crippen LogP contribution in [0.15, 0.2) is 46.6 Å². The molecule has 0 rings (SSSR count). The van der Waals surface area contributed by atoms with E-state index in [9.17, 15) is 0 Å². The summed E-state index contributed by atoms with van der Waals surface area (Å²) in [4.78, 5) is 0. The van der Waals surface area contributed by atoms with Gasteiger partial charge in [0.2, 0.25) is 0 Å². The van der Waals surface area contributed by atoms with E-state index in [0.29, 0.717) is 13.2 Å². The molecule has 0 atom stereocenters. The van der Waals surface area contributed by atoms with Crippen molar-refractivity contribution < 1.29 is 8.85 Å². The van der Waals surface area contributed by atoms with Crippen LogP contribution < -0.4 is 0 Å². The van der Waals surface area contributed by atoms with Gasteiger partial charge in [-0.15, -0.1) is 0 Å². The summed E-state index contributed by atoms with van der Waals surface area (Å²) >= 11 is 0. The number of allylic oxidation sites excluding steroid dienone is 6. The smallest absolute Gasteiger partial charge is 0.332 e. The predicted octanol–water partition coefficient (Wildman–Crippen LogP) is 7.11. The van der Waals surface area contributed by atoms with Gasteiger partial charge in [0.25, 0.3) is 0 Å². The van der Waals surface area contributed by atoms with Crippen LogP contribution in [0.5, 0.6) is 0 Å². The topological polar surface area (TPSA) is 18.5 Å². The van der Waals surface area contributed by atoms with Gasteiger partial charge in [-0.1, -0.05) is 46.6 Å². The molecule has 0 aliphatic rings. The number of hydrogen-bond donors (Lipinski definition) is 0. The third-order valence-electron chi connectivity index (χ3n) is 3.91. The Kier molecular flexibility index (Phi) is 12.8. The first-order valence-electron chi connectivity index (χ1n) is 9.48. The second-order valence-electron chi connectivity index (χ2n) is 7.76. The Balaban J connectivity index is 4.11. The van der Waals surface area contributed by atoms with Crippen molar-refractivity contribution in [1.82, 2.24) is 0 Å². The zero-order valence-electron chi connectivity index (χ0n) is 17.9. The third-order valence-corrected chi connectivity index (χ3v) is 5.63. The Morgan fingerprint density at radius 1 is 0.640 bits per heavy atom. The molecule has 0 N–H and O–H groups in total. The monoisotopic (exact) mass is 364 g/mol. The summed E-state index contributed by atoms with van der Waals surface area (Å²) in [7, 11) is -2.05. The van der Waals surface area contributed by atoms with Crippen LogP contribution in [0, 0.1) is 0 Å². The summed E-state index contributed by atoms with van der Waals surface area (Å²) in [6.45, 7) is 18.5. The summed E-state index contributed by atoms with van der Waals surface area (Å²) < 4.78 is 12.0. The molecule has 0 heterocycles. The minimum atomic E-state index is -2.05. The van der Waals surface area contributed by atoms with Gasteiger partial charge in [-0.25, -0.2) is 0 Å². The molecule has 25 heavy (non-hydrogen) atoms. The largest absolute Gasteiger partial charge is 0.391 e. The standard InChI is InChI=1S/C22H40O2Si/c1-19(2)11-9-13-21(5)15-17-23-25(7,8)24-18-16-22(6)14-10-12-20(3)4/h11-12,15-16H,9-10,13-14,17-18H2,1-8H3. The highest BCUT2D eigenvalue weighted by Gasteiger charge is 2.23. The molecule has 0 aromatic carbocycles. The molecule has 0 saturated carbocycles. The van der Waals surface area contributed by atoms with Crippen molar-refractivity contribution in [2.24, 2.45) is 0 Å². The van der Waals surface area contributed by atoms with Gasteiger partial charge in [0.15, 0.2) is 0 Å². The fourth-order valence-corrected chi connectivity index (χ4v) is 3.24. The second kappa shape index (κ2) is 13.3. The first-order valence-corrected chi connectivity index (χ1v) is 12.3. The average Bonchev–Trinajstić information content (AvgIpc) is 2.45. The lowest BCUT2D eigenvalue weighted by atomic mass is 10.1. The zero-order chi connectivity index (χ0) is 19.3. The van der Waals surface area contributed by atoms with E-state index >= 15 is 0 Å². The maximum Gasteiger partial charge on any atom is 0.332 e. The summed E-state index contributed by atoms with van der Waals surface area (Å²) in [5.41, 5.74) is 5.54. The Bertz CT molecular complexity index is 444. The normalized spacial score (nSPS) is 13.0. The van der Waals surface area contributed by atoms with Crippen LogP contribution in [0.3, 0.4) is 0 Å². The zero-order valence-corrected chi connectivity index (χ0v) is 18.9. The molecule has 0 aliphatic heterocycles. The Morgan fingerprint density at radius 2 is 1.00 bits per heavy atom. The van der Waals surface area contributed by atoms with Gasteiger partial charge < -0.3 is 8.85 Å². The van der Waals surface area contributed by atoms with Gasteiger partial charge in [-0.2, -0.15) is 0 Å². The lowest BCUT2D eigenvalue weighted by Crippen LogP contribution is -2.35. The Hall–Kier alpha value is -0.903. The second-order valence-corrected chi connectivity index (χ2v) is 11.1. The third kappa shape index (κ3) is 16.3. The first kappa shape index (κ1) is 24.1. The molecular weight excluding hydrogens is 324 g/mol. The predicted molar refractivity (Wildman–Crippen MR) is 114 cm³/mol. The molecule has 144 valence electrons. The first-order chi connectivity index (χ1) is 11.6. The van der Waals surface area contributed by atoms with Crippen LogP contribution in [0.2, 0.25) is 13.1 Å². The van der Waals surface area contributed by atoms with Crippen molar-refractivity contribution in [3.63, 3.8) is 0 Å². The molecule has 0 amide bonds. The van der Waals surface area contributed by atoms with Crippen LogP contribution in [0.25, 0.3) is 0 Å². The number of hydrogen-bond acceptors (Lipinski definition) is 2. The summed E-state index contributed by atoms with van der Waals surface area (Å²) in [5, 5.41) is 0. The van der Waals surface area contributed by atoms with Crippen molar-refractivity contribution in [2.75, 3.05) is 13.2 Å². The maximum absolute atomic E-state index is 6.01. The van der Waals surface area contributed by atoms with Crippen molar-refractivity contribution in [3.8, 4) is 0 Å². The summed E-state index contributed by atoms with van der Waals surface area (Å²) in [6.07, 6.45) is 13.4. The van der Waals surface area contributed by atoms with Crippen LogP contribution >= 0.6 is 0 Å². The molecular formula is C22H40O2Si. The maximum atomic E-state index is 6.01. The van der Waals surface area contributed by atoms with Crippen LogP contribution in [0.4, 0.5) is 0 Å². The summed E-state index contributed by atoms with van der Waals surface area (Å²) in [5.74, 6) is 0. The van der Waals surface area contributed by atoms with Gasteiger partial charge in [0.05, 0.1) is 13.2 Å². The lowest BCUT2D eigenvalue weighted by molar-refractivity contribution is 0.213. The van der Waals surface area contributed by atoms with E-state index in [2.05, 4.69) is 78.9 Å². The fraction of sp³-hybridized carbons (Fsp3) is 0.636. The minimum Gasteiger partial charge on any atom is -0.391 e. The number of rotatable bonds is 12. The molecule has 0 fully saturated rings. The van der Waals surface area contributed by atoms with Gasteiger partial charge in [0.1, 0.15) is 0 Å². The molecule has 2 nitrogen and oxygen atoms in total. The van der Waals surface area contributed by atoms with E-state index in [1.54, 1.807) is 0 Å². The van der Waals surface area contributed by atoms with Crippen LogP contribution in [0.1, 0.15) is 67.2 Å². The molecule has 0 aliphatic carbocycles. The summed E-state index contributed by atoms with van der Waals surface area (Å²) in [6, 6.07) is 0. The van der Waals surface area contributed by atoms with E-state index in [1.165, 1.54) is 22.3 Å². The van der Waals surface area contributed by atoms with E-state index in [-0.39, 0.29) is 0 Å². The highest BCUT2D eigenvalue weighted by atomic mass is 28.4. The van der Waals surface area contributed by atoms with Gasteiger partial charge >= 0.3 is 8.56 Å². The molecule has 0 saturated heterocycles. The molecule has 0 spiro atoms. The van der Waals surface area contributed by atoms with E-state index in [0.717, 1.165) is 25.7 Å². The van der Waals surface area contributed by atoms with Crippen molar-refractivity contribution in [1.29, 1.82) is 0 Å². The van der Waals surface area contributed by atoms with E-state index < -0.39 is 8.56 Å². The van der Waals surface area contributed by atoms with Gasteiger partial charge in [0, 0.05) is 0 Å². The molecule has 0 unspecified atom stereocenters. The molecule has 0 radical (unpaired) electrons. The minimum absolute atomic E-state index is 0.656. The van der Waals surface area contributed by atoms with Gasteiger partial charge in [-0.05, 0) is 80.3 Å². The van der Waals surface area contributed by atoms with Gasteiger partial charge in [-0.3, -0.25) is 0 Å². The van der Waals surface area contributed by atoms with Crippen molar-refractivity contribution in [2.45, 2.75) is 80.3 Å². The van der Waals surface area contributed by atoms with Crippen LogP contribution in [-0.2, 0) is 8.85 Å².